The normalized spacial score (nSPS) is 23.9. The zero-order valence-electron chi connectivity index (χ0n) is 9.31. The van der Waals surface area contributed by atoms with Crippen molar-refractivity contribution in [3.63, 3.8) is 0 Å². The quantitative estimate of drug-likeness (QED) is 0.680. The lowest BCUT2D eigenvalue weighted by Gasteiger charge is -2.37. The van der Waals surface area contributed by atoms with E-state index in [2.05, 4.69) is 22.2 Å². The second kappa shape index (κ2) is 4.67. The molecule has 5 heteroatoms. The average molecular weight is 222 g/mol. The average Bonchev–Trinajstić information content (AvgIpc) is 2.30. The van der Waals surface area contributed by atoms with Crippen LogP contribution in [0.15, 0.2) is 23.9 Å². The molecule has 0 unspecified atom stereocenters. The van der Waals surface area contributed by atoms with E-state index in [0.717, 1.165) is 26.2 Å². The Bertz CT molecular complexity index is 330. The van der Waals surface area contributed by atoms with Gasteiger partial charge in [0.05, 0.1) is 5.57 Å². The highest BCUT2D eigenvalue weighted by Crippen LogP contribution is 2.20. The minimum absolute atomic E-state index is 0.340. The van der Waals surface area contributed by atoms with Gasteiger partial charge in [0.1, 0.15) is 0 Å². The number of piperazine rings is 1. The Labute approximate surface area is 95.0 Å². The molecule has 0 amide bonds. The fourth-order valence-electron chi connectivity index (χ4n) is 1.89. The molecule has 0 spiro atoms. The summed E-state index contributed by atoms with van der Waals surface area (Å²) in [7, 11) is 2.07. The molecule has 0 aromatic rings. The van der Waals surface area contributed by atoms with Crippen LogP contribution >= 0.6 is 0 Å². The molecule has 2 aliphatic rings. The van der Waals surface area contributed by atoms with Crippen molar-refractivity contribution in [3.05, 3.63) is 30.1 Å². The van der Waals surface area contributed by atoms with Crippen LogP contribution in [-0.2, 0) is 4.79 Å². The summed E-state index contributed by atoms with van der Waals surface area (Å²) < 4.78 is 0. The van der Waals surface area contributed by atoms with E-state index in [-0.39, 0.29) is 0 Å². The van der Waals surface area contributed by atoms with Crippen molar-refractivity contribution in [1.29, 1.82) is 0 Å². The maximum absolute atomic E-state index is 11.1. The first-order valence-electron chi connectivity index (χ1n) is 5.36. The molecule has 87 valence electrons. The first-order chi connectivity index (χ1) is 7.68. The van der Waals surface area contributed by atoms with Gasteiger partial charge < -0.3 is 15.3 Å². The monoisotopic (exact) mass is 222 g/mol. The number of carboxylic acid groups (broad SMARTS) is 1. The Kier molecular flexibility index (Phi) is 3.26. The zero-order chi connectivity index (χ0) is 11.5. The summed E-state index contributed by atoms with van der Waals surface area (Å²) in [5.74, 6) is -0.884. The molecule has 2 heterocycles. The highest BCUT2D eigenvalue weighted by molar-refractivity contribution is 5.91. The van der Waals surface area contributed by atoms with Crippen LogP contribution in [0.4, 0.5) is 0 Å². The van der Waals surface area contributed by atoms with Crippen LogP contribution in [0, 0.1) is 6.17 Å². The number of allylic oxidation sites excluding steroid dienone is 2. The second-order valence-corrected chi connectivity index (χ2v) is 4.03. The minimum Gasteiger partial charge on any atom is -0.478 e. The highest BCUT2D eigenvalue weighted by Gasteiger charge is 2.30. The summed E-state index contributed by atoms with van der Waals surface area (Å²) in [5, 5.41) is 12.1. The number of nitrogens with one attached hydrogen (secondary N) is 1. The highest BCUT2D eigenvalue weighted by atomic mass is 16.4. The molecular formula is C11H16N3O2. The van der Waals surface area contributed by atoms with Gasteiger partial charge in [-0.2, -0.15) is 0 Å². The van der Waals surface area contributed by atoms with Crippen LogP contribution in [0.2, 0.25) is 0 Å². The third-order valence-electron chi connectivity index (χ3n) is 2.88. The Morgan fingerprint density at radius 1 is 1.38 bits per heavy atom. The molecule has 0 atom stereocenters. The number of dihydropyridines is 1. The summed E-state index contributed by atoms with van der Waals surface area (Å²) in [6, 6.07) is 0. The van der Waals surface area contributed by atoms with Gasteiger partial charge in [-0.05, 0) is 25.4 Å². The van der Waals surface area contributed by atoms with Crippen LogP contribution in [0.5, 0.6) is 0 Å². The molecule has 1 radical (unpaired) electrons. The van der Waals surface area contributed by atoms with Crippen molar-refractivity contribution in [1.82, 2.24) is 15.1 Å². The summed E-state index contributed by atoms with van der Waals surface area (Å²) in [4.78, 5) is 15.4. The summed E-state index contributed by atoms with van der Waals surface area (Å²) in [6.07, 6.45) is 5.82. The van der Waals surface area contributed by atoms with Crippen molar-refractivity contribution in [2.45, 2.75) is 0 Å². The Morgan fingerprint density at radius 2 is 2.06 bits per heavy atom. The van der Waals surface area contributed by atoms with E-state index in [0.29, 0.717) is 11.7 Å². The molecule has 5 nitrogen and oxygen atoms in total. The van der Waals surface area contributed by atoms with Crippen LogP contribution in [0.25, 0.3) is 0 Å². The van der Waals surface area contributed by atoms with E-state index in [9.17, 15) is 4.79 Å². The summed E-state index contributed by atoms with van der Waals surface area (Å²) in [6.45, 7) is 3.64. The van der Waals surface area contributed by atoms with Gasteiger partial charge in [-0.1, -0.05) is 0 Å². The fraction of sp³-hybridized carbons (Fsp3) is 0.455. The molecule has 0 aromatic heterocycles. The van der Waals surface area contributed by atoms with E-state index in [1.54, 1.807) is 18.4 Å². The topological polar surface area (TPSA) is 55.8 Å². The number of carboxylic acids is 1. The van der Waals surface area contributed by atoms with E-state index < -0.39 is 5.97 Å². The minimum atomic E-state index is -0.884. The van der Waals surface area contributed by atoms with Gasteiger partial charge in [-0.3, -0.25) is 4.90 Å². The fourth-order valence-corrected chi connectivity index (χ4v) is 1.89. The smallest absolute Gasteiger partial charge is 0.335 e. The summed E-state index contributed by atoms with van der Waals surface area (Å²) >= 11 is 0. The number of hydrogen-bond acceptors (Lipinski definition) is 4. The molecule has 16 heavy (non-hydrogen) atoms. The Hall–Kier alpha value is -1.33. The second-order valence-electron chi connectivity index (χ2n) is 4.03. The first-order valence-corrected chi connectivity index (χ1v) is 5.36. The standard InChI is InChI=1S/C11H16N3O2/c1-13-5-7-14(8-6-13)10-9(11(15)16)3-2-4-12-10/h2-4,12H,5-8H2,1H3,(H,15,16). The van der Waals surface area contributed by atoms with Crippen molar-refractivity contribution in [2.24, 2.45) is 0 Å². The number of rotatable bonds is 2. The predicted octanol–water partition coefficient (Wildman–Crippen LogP) is -0.149. The van der Waals surface area contributed by atoms with E-state index in [4.69, 9.17) is 5.11 Å². The van der Waals surface area contributed by atoms with Crippen molar-refractivity contribution in [2.75, 3.05) is 33.2 Å². The van der Waals surface area contributed by atoms with Crippen LogP contribution in [0.1, 0.15) is 0 Å². The molecule has 1 saturated heterocycles. The van der Waals surface area contributed by atoms with Gasteiger partial charge in [-0.15, -0.1) is 0 Å². The molecule has 1 fully saturated rings. The van der Waals surface area contributed by atoms with Crippen molar-refractivity contribution in [3.8, 4) is 0 Å². The SMILES string of the molecule is CN1CCN([C]2NC=CC=C2C(=O)O)CC1. The third-order valence-corrected chi connectivity index (χ3v) is 2.88. The van der Waals surface area contributed by atoms with Crippen molar-refractivity contribution < 1.29 is 9.90 Å². The number of likely N-dealkylation sites (N-methyl/N-ethyl adjacent to an activating group) is 1. The van der Waals surface area contributed by atoms with Crippen LogP contribution < -0.4 is 5.32 Å². The number of aliphatic carboxylic acids is 1. The maximum atomic E-state index is 11.1. The van der Waals surface area contributed by atoms with Gasteiger partial charge in [0.2, 0.25) is 0 Å². The molecule has 2 aliphatic heterocycles. The maximum Gasteiger partial charge on any atom is 0.335 e. The van der Waals surface area contributed by atoms with E-state index in [1.807, 2.05) is 0 Å². The van der Waals surface area contributed by atoms with Gasteiger partial charge in [0.15, 0.2) is 6.17 Å². The van der Waals surface area contributed by atoms with Gasteiger partial charge in [-0.25, -0.2) is 4.79 Å². The van der Waals surface area contributed by atoms with Crippen molar-refractivity contribution >= 4 is 5.97 Å². The first kappa shape index (κ1) is 11.2. The van der Waals surface area contributed by atoms with Gasteiger partial charge in [0.25, 0.3) is 0 Å². The number of carbonyl (C=O) groups is 1. The Morgan fingerprint density at radius 3 is 2.69 bits per heavy atom. The number of hydrogen-bond donors (Lipinski definition) is 2. The molecule has 0 aromatic carbocycles. The van der Waals surface area contributed by atoms with Crippen LogP contribution in [-0.4, -0.2) is 54.1 Å². The molecule has 0 bridgehead atoms. The molecular weight excluding hydrogens is 206 g/mol. The number of nitrogens with zero attached hydrogens (tertiary/aromatic N) is 2. The third kappa shape index (κ3) is 2.25. The van der Waals surface area contributed by atoms with E-state index >= 15 is 0 Å². The van der Waals surface area contributed by atoms with E-state index in [1.165, 1.54) is 0 Å². The van der Waals surface area contributed by atoms with Gasteiger partial charge >= 0.3 is 5.97 Å². The molecule has 0 saturated carbocycles. The lowest BCUT2D eigenvalue weighted by Crippen LogP contribution is -2.50. The largest absolute Gasteiger partial charge is 0.478 e. The Balaban J connectivity index is 2.06. The predicted molar refractivity (Wildman–Crippen MR) is 60.3 cm³/mol. The summed E-state index contributed by atoms with van der Waals surface area (Å²) in [5.41, 5.74) is 0.340. The molecule has 2 rings (SSSR count). The van der Waals surface area contributed by atoms with Crippen LogP contribution in [0.3, 0.4) is 0 Å². The molecule has 0 aliphatic carbocycles. The lowest BCUT2D eigenvalue weighted by atomic mass is 10.1. The zero-order valence-corrected chi connectivity index (χ0v) is 9.31. The molecule has 2 N–H and O–H groups in total. The lowest BCUT2D eigenvalue weighted by molar-refractivity contribution is -0.133. The van der Waals surface area contributed by atoms with Gasteiger partial charge in [0, 0.05) is 26.2 Å².